The molecular formula is H2CrO4Se. The van der Waals surface area contributed by atoms with Crippen molar-refractivity contribution in [2.45, 2.75) is 0 Å². The van der Waals surface area contributed by atoms with Crippen molar-refractivity contribution in [2.24, 2.45) is 0 Å². The number of hydrogen-bond acceptors (Lipinski definition) is 4. The van der Waals surface area contributed by atoms with Crippen LogP contribution in [0.1, 0.15) is 0 Å². The first kappa shape index (κ1) is 9.76. The molecule has 0 saturated heterocycles. The Hall–Kier alpha value is 0.572. The fraction of sp³-hybridized carbons (Fsp3) is 0. The second-order valence-electron chi connectivity index (χ2n) is 0.408. The molecule has 0 fully saturated rings. The van der Waals surface area contributed by atoms with Crippen LogP contribution in [0.5, 0.6) is 0 Å². The summed E-state index contributed by atoms with van der Waals surface area (Å²) in [4.78, 5) is 0. The normalized spacial score (nSPS) is 9.67. The van der Waals surface area contributed by atoms with Crippen molar-refractivity contribution >= 4 is 17.1 Å². The van der Waals surface area contributed by atoms with E-state index < -0.39 is 13.6 Å². The van der Waals surface area contributed by atoms with Crippen LogP contribution in [0.4, 0.5) is 0 Å². The first-order chi connectivity index (χ1) is 2.00. The van der Waals surface area contributed by atoms with Gasteiger partial charge in [-0.1, -0.05) is 0 Å². The van der Waals surface area contributed by atoms with Gasteiger partial charge in [0, 0.05) is 0 Å². The molecule has 2 radical (unpaired) electrons. The second kappa shape index (κ2) is 2.70. The first-order valence-corrected chi connectivity index (χ1v) is 2.75. The van der Waals surface area contributed by atoms with Gasteiger partial charge in [-0.25, -0.2) is 0 Å². The third-order valence-electron chi connectivity index (χ3n) is 0. The molecule has 0 amide bonds. The van der Waals surface area contributed by atoms with Crippen LogP contribution >= 0.6 is 0 Å². The maximum absolute atomic E-state index is 8.59. The predicted molar refractivity (Wildman–Crippen MR) is 9.92 cm³/mol. The zero-order chi connectivity index (χ0) is 4.50. The van der Waals surface area contributed by atoms with Crippen LogP contribution in [-0.4, -0.2) is 17.1 Å². The molecule has 0 atom stereocenters. The van der Waals surface area contributed by atoms with Gasteiger partial charge in [0.25, 0.3) is 0 Å². The summed E-state index contributed by atoms with van der Waals surface area (Å²) in [5.74, 6) is 0. The van der Waals surface area contributed by atoms with Gasteiger partial charge in [-0.05, 0) is 0 Å². The molecular weight excluding hydrogens is 195 g/mol. The average molecular weight is 197 g/mol. The standard InChI is InChI=1S/Cr.4O.H2Se/h;;;;;1H2/q;;;2*-1;+2. The Labute approximate surface area is 47.0 Å². The Morgan fingerprint density at radius 2 is 1.17 bits per heavy atom. The summed E-state index contributed by atoms with van der Waals surface area (Å²) in [7, 11) is 0. The van der Waals surface area contributed by atoms with E-state index in [1.165, 1.54) is 0 Å². The summed E-state index contributed by atoms with van der Waals surface area (Å²) in [5.41, 5.74) is 0. The maximum atomic E-state index is 8.59. The van der Waals surface area contributed by atoms with Gasteiger partial charge in [-0.2, -0.15) is 0 Å². The van der Waals surface area contributed by atoms with E-state index in [-0.39, 0.29) is 17.1 Å². The van der Waals surface area contributed by atoms with Gasteiger partial charge in [0.2, 0.25) is 0 Å². The molecule has 0 spiro atoms. The Morgan fingerprint density at radius 1 is 1.17 bits per heavy atom. The van der Waals surface area contributed by atoms with Gasteiger partial charge < -0.3 is 0 Å². The average Bonchev–Trinajstić information content (AvgIpc) is 0.722. The fourth-order valence-electron chi connectivity index (χ4n) is 0. The summed E-state index contributed by atoms with van der Waals surface area (Å²) in [6, 6.07) is 0. The van der Waals surface area contributed by atoms with E-state index >= 15 is 0 Å². The van der Waals surface area contributed by atoms with Gasteiger partial charge in [-0.3, -0.25) is 0 Å². The molecule has 0 bridgehead atoms. The zero-order valence-corrected chi connectivity index (χ0v) is 5.91. The van der Waals surface area contributed by atoms with Crippen LogP contribution in [-0.2, 0) is 21.2 Å². The first-order valence-electron chi connectivity index (χ1n) is 0.667. The topological polar surface area (TPSA) is 80.3 Å². The van der Waals surface area contributed by atoms with Crippen molar-refractivity contribution < 1.29 is 29.5 Å². The molecule has 0 saturated carbocycles. The third kappa shape index (κ3) is 178. The van der Waals surface area contributed by atoms with Crippen LogP contribution < -0.4 is 8.32 Å². The van der Waals surface area contributed by atoms with Crippen LogP contribution in [0, 0.1) is 0 Å². The van der Waals surface area contributed by atoms with Crippen LogP contribution in [0.3, 0.4) is 0 Å². The van der Waals surface area contributed by atoms with Crippen molar-refractivity contribution in [3.8, 4) is 0 Å². The van der Waals surface area contributed by atoms with E-state index in [9.17, 15) is 0 Å². The Bertz CT molecular complexity index is 90.7. The van der Waals surface area contributed by atoms with E-state index in [0.717, 1.165) is 0 Å². The number of rotatable bonds is 0. The Balaban J connectivity index is 0. The van der Waals surface area contributed by atoms with Crippen molar-refractivity contribution in [2.75, 3.05) is 0 Å². The summed E-state index contributed by atoms with van der Waals surface area (Å²) >= 11 is -5.75. The molecule has 38 valence electrons. The minimum atomic E-state index is -5.75. The number of hydrogen-bond donors (Lipinski definition) is 0. The van der Waals surface area contributed by atoms with Gasteiger partial charge in [-0.15, -0.1) is 0 Å². The molecule has 0 aliphatic carbocycles. The van der Waals surface area contributed by atoms with Gasteiger partial charge in [0.1, 0.15) is 0 Å². The predicted octanol–water partition coefficient (Wildman–Crippen LogP) is -3.53. The van der Waals surface area contributed by atoms with Gasteiger partial charge >= 0.3 is 46.6 Å². The minimum absolute atomic E-state index is 0. The molecule has 0 aromatic rings. The second-order valence-corrected chi connectivity index (χ2v) is 1.68. The van der Waals surface area contributed by atoms with E-state index in [1.54, 1.807) is 0 Å². The molecule has 0 N–H and O–H groups in total. The zero-order valence-electron chi connectivity index (χ0n) is 2.54. The molecule has 0 aromatic heterocycles. The molecule has 6 heavy (non-hydrogen) atoms. The van der Waals surface area contributed by atoms with Crippen molar-refractivity contribution in [3.63, 3.8) is 0 Å². The van der Waals surface area contributed by atoms with Crippen LogP contribution in [0.25, 0.3) is 0 Å². The summed E-state index contributed by atoms with van der Waals surface area (Å²) in [6.07, 6.45) is 0. The van der Waals surface area contributed by atoms with Crippen molar-refractivity contribution in [1.29, 1.82) is 0 Å². The van der Waals surface area contributed by atoms with Crippen molar-refractivity contribution in [3.05, 3.63) is 0 Å². The quantitative estimate of drug-likeness (QED) is 0.377. The molecule has 0 aliphatic heterocycles. The van der Waals surface area contributed by atoms with Crippen LogP contribution in [0.2, 0.25) is 0 Å². The molecule has 0 aromatic carbocycles. The SMILES string of the molecule is [O]=[Cr](=[O])([O-])[O-].[SeH2+2]. The Kier molecular flexibility index (Phi) is 4.39. The van der Waals surface area contributed by atoms with E-state index in [0.29, 0.717) is 0 Å². The third-order valence-corrected chi connectivity index (χ3v) is 0. The summed E-state index contributed by atoms with van der Waals surface area (Å²) in [6.45, 7) is 0. The monoisotopic (exact) mass is 198 g/mol. The van der Waals surface area contributed by atoms with E-state index in [4.69, 9.17) is 15.9 Å². The summed E-state index contributed by atoms with van der Waals surface area (Å²) in [5, 5.41) is 0. The molecule has 0 heterocycles. The molecule has 0 rings (SSSR count). The van der Waals surface area contributed by atoms with Crippen molar-refractivity contribution in [1.82, 2.24) is 0 Å². The van der Waals surface area contributed by atoms with Crippen LogP contribution in [0.15, 0.2) is 0 Å². The molecule has 0 aliphatic rings. The van der Waals surface area contributed by atoms with E-state index in [1.807, 2.05) is 0 Å². The van der Waals surface area contributed by atoms with E-state index in [2.05, 4.69) is 0 Å². The van der Waals surface area contributed by atoms with Gasteiger partial charge in [0.15, 0.2) is 0 Å². The fourth-order valence-corrected chi connectivity index (χ4v) is 0. The molecule has 4 nitrogen and oxygen atoms in total. The molecule has 6 heteroatoms. The molecule has 0 unspecified atom stereocenters. The van der Waals surface area contributed by atoms with Gasteiger partial charge in [0.05, 0.1) is 0 Å². The summed E-state index contributed by atoms with van der Waals surface area (Å²) < 4.78 is 34.4. The Morgan fingerprint density at radius 3 is 1.17 bits per heavy atom.